The van der Waals surface area contributed by atoms with E-state index >= 15 is 0 Å². The SMILES string of the molecule is C=CNC(S)Cc1cccc(CCC)c1C. The maximum atomic E-state index is 4.47. The normalized spacial score (nSPS) is 12.2. The van der Waals surface area contributed by atoms with Gasteiger partial charge in [-0.3, -0.25) is 0 Å². The number of hydrogen-bond donors (Lipinski definition) is 2. The largest absolute Gasteiger partial charge is 0.380 e. The first-order chi connectivity index (χ1) is 7.69. The minimum absolute atomic E-state index is 0.146. The minimum Gasteiger partial charge on any atom is -0.380 e. The van der Waals surface area contributed by atoms with Gasteiger partial charge in [0, 0.05) is 6.42 Å². The number of hydrogen-bond acceptors (Lipinski definition) is 2. The highest BCUT2D eigenvalue weighted by atomic mass is 32.1. The number of thiol groups is 1. The lowest BCUT2D eigenvalue weighted by Crippen LogP contribution is -2.20. The van der Waals surface area contributed by atoms with E-state index in [1.54, 1.807) is 6.20 Å². The summed E-state index contributed by atoms with van der Waals surface area (Å²) in [6, 6.07) is 6.54. The number of benzene rings is 1. The molecule has 0 aliphatic heterocycles. The maximum absolute atomic E-state index is 4.47. The summed E-state index contributed by atoms with van der Waals surface area (Å²) in [7, 11) is 0. The molecular weight excluding hydrogens is 214 g/mol. The van der Waals surface area contributed by atoms with Crippen LogP contribution in [0.1, 0.15) is 30.0 Å². The lowest BCUT2D eigenvalue weighted by molar-refractivity contribution is 0.774. The van der Waals surface area contributed by atoms with Crippen molar-refractivity contribution in [3.63, 3.8) is 0 Å². The molecule has 0 saturated heterocycles. The van der Waals surface area contributed by atoms with Crippen molar-refractivity contribution in [2.24, 2.45) is 0 Å². The molecular formula is C14H21NS. The summed E-state index contributed by atoms with van der Waals surface area (Å²) in [5.74, 6) is 0. The zero-order valence-electron chi connectivity index (χ0n) is 10.2. The Labute approximate surface area is 104 Å². The van der Waals surface area contributed by atoms with Gasteiger partial charge in [-0.25, -0.2) is 0 Å². The van der Waals surface area contributed by atoms with Gasteiger partial charge in [-0.15, -0.1) is 0 Å². The molecule has 0 saturated carbocycles. The van der Waals surface area contributed by atoms with Gasteiger partial charge in [0.1, 0.15) is 0 Å². The third-order valence-corrected chi connectivity index (χ3v) is 3.13. The molecule has 2 heteroatoms. The lowest BCUT2D eigenvalue weighted by atomic mass is 9.97. The Hall–Kier alpha value is -0.890. The molecule has 1 rings (SSSR count). The van der Waals surface area contributed by atoms with Gasteiger partial charge in [-0.05, 0) is 36.2 Å². The van der Waals surface area contributed by atoms with E-state index in [4.69, 9.17) is 0 Å². The third-order valence-electron chi connectivity index (χ3n) is 2.80. The number of aryl methyl sites for hydroxylation is 1. The first-order valence-electron chi connectivity index (χ1n) is 5.81. The van der Waals surface area contributed by atoms with Gasteiger partial charge < -0.3 is 5.32 Å². The average Bonchev–Trinajstić information content (AvgIpc) is 2.24. The van der Waals surface area contributed by atoms with E-state index in [2.05, 4.69) is 56.6 Å². The summed E-state index contributed by atoms with van der Waals surface area (Å²) in [4.78, 5) is 0. The fourth-order valence-electron chi connectivity index (χ4n) is 1.90. The summed E-state index contributed by atoms with van der Waals surface area (Å²) in [6.45, 7) is 8.07. The quantitative estimate of drug-likeness (QED) is 0.568. The Kier molecular flexibility index (Phi) is 5.47. The molecule has 0 heterocycles. The fraction of sp³-hybridized carbons (Fsp3) is 0.429. The highest BCUT2D eigenvalue weighted by Crippen LogP contribution is 2.17. The van der Waals surface area contributed by atoms with Crippen LogP contribution >= 0.6 is 12.6 Å². The van der Waals surface area contributed by atoms with E-state index < -0.39 is 0 Å². The molecule has 1 N–H and O–H groups in total. The fourth-order valence-corrected chi connectivity index (χ4v) is 2.20. The molecule has 0 spiro atoms. The van der Waals surface area contributed by atoms with Crippen LogP contribution in [0, 0.1) is 6.92 Å². The highest BCUT2D eigenvalue weighted by Gasteiger charge is 2.07. The number of rotatable bonds is 6. The van der Waals surface area contributed by atoms with Crippen molar-refractivity contribution in [3.05, 3.63) is 47.7 Å². The summed E-state index contributed by atoms with van der Waals surface area (Å²) in [6.07, 6.45) is 4.98. The lowest BCUT2D eigenvalue weighted by Gasteiger charge is -2.15. The second kappa shape index (κ2) is 6.64. The molecule has 88 valence electrons. The second-order valence-corrected chi connectivity index (χ2v) is 4.67. The first-order valence-corrected chi connectivity index (χ1v) is 6.33. The predicted octanol–water partition coefficient (Wildman–Crippen LogP) is 3.48. The van der Waals surface area contributed by atoms with E-state index in [1.807, 2.05) is 0 Å². The van der Waals surface area contributed by atoms with E-state index in [9.17, 15) is 0 Å². The minimum atomic E-state index is 0.146. The summed E-state index contributed by atoms with van der Waals surface area (Å²) < 4.78 is 0. The van der Waals surface area contributed by atoms with Crippen molar-refractivity contribution < 1.29 is 0 Å². The molecule has 0 radical (unpaired) electrons. The molecule has 1 aromatic carbocycles. The smallest absolute Gasteiger partial charge is 0.0728 e. The number of nitrogens with one attached hydrogen (secondary N) is 1. The zero-order valence-corrected chi connectivity index (χ0v) is 11.1. The molecule has 1 nitrogen and oxygen atoms in total. The standard InChI is InChI=1S/C14H21NS/c1-4-7-12-8-6-9-13(11(12)3)10-14(16)15-5-2/h5-6,8-9,14-16H,2,4,7,10H2,1,3H3. The first kappa shape index (κ1) is 13.2. The molecule has 0 aromatic heterocycles. The van der Waals surface area contributed by atoms with Crippen LogP contribution in [0.5, 0.6) is 0 Å². The molecule has 0 aliphatic rings. The monoisotopic (exact) mass is 235 g/mol. The highest BCUT2D eigenvalue weighted by molar-refractivity contribution is 7.80. The Morgan fingerprint density at radius 3 is 2.75 bits per heavy atom. The van der Waals surface area contributed by atoms with Crippen LogP contribution in [0.25, 0.3) is 0 Å². The Bertz CT molecular complexity index is 347. The van der Waals surface area contributed by atoms with Gasteiger partial charge in [0.15, 0.2) is 0 Å². The van der Waals surface area contributed by atoms with Crippen molar-refractivity contribution in [3.8, 4) is 0 Å². The Morgan fingerprint density at radius 2 is 2.12 bits per heavy atom. The van der Waals surface area contributed by atoms with E-state index in [1.165, 1.54) is 23.1 Å². The second-order valence-electron chi connectivity index (χ2n) is 4.04. The van der Waals surface area contributed by atoms with Gasteiger partial charge in [0.25, 0.3) is 0 Å². The third kappa shape index (κ3) is 3.60. The predicted molar refractivity (Wildman–Crippen MR) is 75.0 cm³/mol. The van der Waals surface area contributed by atoms with Gasteiger partial charge in [0.05, 0.1) is 5.37 Å². The Balaban J connectivity index is 2.79. The van der Waals surface area contributed by atoms with Crippen molar-refractivity contribution in [2.75, 3.05) is 0 Å². The van der Waals surface area contributed by atoms with Crippen LogP contribution in [0.15, 0.2) is 31.0 Å². The molecule has 0 fully saturated rings. The summed E-state index contributed by atoms with van der Waals surface area (Å²) in [5, 5.41) is 3.25. The van der Waals surface area contributed by atoms with Gasteiger partial charge >= 0.3 is 0 Å². The summed E-state index contributed by atoms with van der Waals surface area (Å²) in [5.41, 5.74) is 4.24. The van der Waals surface area contributed by atoms with Gasteiger partial charge in [-0.2, -0.15) is 12.6 Å². The van der Waals surface area contributed by atoms with E-state index in [-0.39, 0.29) is 5.37 Å². The molecule has 0 amide bonds. The molecule has 16 heavy (non-hydrogen) atoms. The van der Waals surface area contributed by atoms with E-state index in [0.717, 1.165) is 12.8 Å². The average molecular weight is 235 g/mol. The van der Waals surface area contributed by atoms with Gasteiger partial charge in [-0.1, -0.05) is 38.1 Å². The van der Waals surface area contributed by atoms with Gasteiger partial charge in [0.2, 0.25) is 0 Å². The Morgan fingerprint density at radius 1 is 1.44 bits per heavy atom. The van der Waals surface area contributed by atoms with Crippen LogP contribution in [0.4, 0.5) is 0 Å². The molecule has 0 bridgehead atoms. The van der Waals surface area contributed by atoms with Crippen molar-refractivity contribution in [1.82, 2.24) is 5.32 Å². The van der Waals surface area contributed by atoms with Crippen LogP contribution in [0.2, 0.25) is 0 Å². The zero-order chi connectivity index (χ0) is 12.0. The van der Waals surface area contributed by atoms with Crippen LogP contribution in [0.3, 0.4) is 0 Å². The molecule has 1 unspecified atom stereocenters. The molecule has 0 aliphatic carbocycles. The van der Waals surface area contributed by atoms with E-state index in [0.29, 0.717) is 0 Å². The van der Waals surface area contributed by atoms with Crippen molar-refractivity contribution in [2.45, 2.75) is 38.5 Å². The summed E-state index contributed by atoms with van der Waals surface area (Å²) >= 11 is 4.47. The molecule has 1 aromatic rings. The van der Waals surface area contributed by atoms with Crippen LogP contribution < -0.4 is 5.32 Å². The van der Waals surface area contributed by atoms with Crippen LogP contribution in [-0.2, 0) is 12.8 Å². The molecule has 1 atom stereocenters. The topological polar surface area (TPSA) is 12.0 Å². The maximum Gasteiger partial charge on any atom is 0.0728 e. The van der Waals surface area contributed by atoms with Crippen molar-refractivity contribution >= 4 is 12.6 Å². The van der Waals surface area contributed by atoms with Crippen molar-refractivity contribution in [1.29, 1.82) is 0 Å². The van der Waals surface area contributed by atoms with Crippen LogP contribution in [-0.4, -0.2) is 5.37 Å².